The molecule has 94 valence electrons. The molecule has 1 aromatic rings. The summed E-state index contributed by atoms with van der Waals surface area (Å²) in [4.78, 5) is 0. The van der Waals surface area contributed by atoms with Gasteiger partial charge in [0.05, 0.1) is 25.4 Å². The molecular weight excluding hydrogens is 218 g/mol. The molecule has 1 aromatic carbocycles. The standard InChI is InChI=1S/C13H19NO3/c1-10-6-14-7-13(17-10)9-16-8-11-2-4-12(15)5-3-11/h2-5,10,13-15H,6-9H2,1H3. The van der Waals surface area contributed by atoms with Crippen LogP contribution in [-0.2, 0) is 16.1 Å². The highest BCUT2D eigenvalue weighted by Gasteiger charge is 2.18. The molecular formula is C13H19NO3. The highest BCUT2D eigenvalue weighted by molar-refractivity contribution is 5.25. The van der Waals surface area contributed by atoms with E-state index in [0.29, 0.717) is 13.2 Å². The number of hydrogen-bond acceptors (Lipinski definition) is 4. The van der Waals surface area contributed by atoms with Crippen LogP contribution >= 0.6 is 0 Å². The van der Waals surface area contributed by atoms with E-state index in [2.05, 4.69) is 12.2 Å². The molecule has 1 fully saturated rings. The van der Waals surface area contributed by atoms with Gasteiger partial charge in [0, 0.05) is 13.1 Å². The Labute approximate surface area is 102 Å². The zero-order chi connectivity index (χ0) is 12.1. The average molecular weight is 237 g/mol. The van der Waals surface area contributed by atoms with Gasteiger partial charge in [-0.25, -0.2) is 0 Å². The maximum atomic E-state index is 9.15. The summed E-state index contributed by atoms with van der Waals surface area (Å²) < 4.78 is 11.3. The van der Waals surface area contributed by atoms with Crippen molar-refractivity contribution in [2.75, 3.05) is 19.7 Å². The summed E-state index contributed by atoms with van der Waals surface area (Å²) in [6, 6.07) is 7.05. The van der Waals surface area contributed by atoms with Crippen LogP contribution in [-0.4, -0.2) is 37.0 Å². The lowest BCUT2D eigenvalue weighted by molar-refractivity contribution is -0.0716. The Morgan fingerprint density at radius 2 is 2.12 bits per heavy atom. The quantitative estimate of drug-likeness (QED) is 0.828. The first-order chi connectivity index (χ1) is 8.24. The number of nitrogens with one attached hydrogen (secondary N) is 1. The van der Waals surface area contributed by atoms with Crippen molar-refractivity contribution in [1.82, 2.24) is 5.32 Å². The predicted molar refractivity (Wildman–Crippen MR) is 65.0 cm³/mol. The molecule has 0 aliphatic carbocycles. The van der Waals surface area contributed by atoms with Crippen molar-refractivity contribution in [3.8, 4) is 5.75 Å². The van der Waals surface area contributed by atoms with Crippen LogP contribution in [0.5, 0.6) is 5.75 Å². The van der Waals surface area contributed by atoms with E-state index in [1.54, 1.807) is 12.1 Å². The fraction of sp³-hybridized carbons (Fsp3) is 0.538. The van der Waals surface area contributed by atoms with E-state index in [4.69, 9.17) is 14.6 Å². The molecule has 1 saturated heterocycles. The number of aromatic hydroxyl groups is 1. The van der Waals surface area contributed by atoms with Crippen molar-refractivity contribution >= 4 is 0 Å². The number of rotatable bonds is 4. The van der Waals surface area contributed by atoms with E-state index in [1.807, 2.05) is 12.1 Å². The van der Waals surface area contributed by atoms with Crippen molar-refractivity contribution < 1.29 is 14.6 Å². The van der Waals surface area contributed by atoms with E-state index >= 15 is 0 Å². The second-order valence-electron chi connectivity index (χ2n) is 4.41. The molecule has 2 N–H and O–H groups in total. The SMILES string of the molecule is CC1CNCC(COCc2ccc(O)cc2)O1. The lowest BCUT2D eigenvalue weighted by Gasteiger charge is -2.28. The smallest absolute Gasteiger partial charge is 0.115 e. The summed E-state index contributed by atoms with van der Waals surface area (Å²) >= 11 is 0. The van der Waals surface area contributed by atoms with Gasteiger partial charge in [-0.1, -0.05) is 12.1 Å². The zero-order valence-corrected chi connectivity index (χ0v) is 10.1. The molecule has 17 heavy (non-hydrogen) atoms. The molecule has 0 spiro atoms. The Hall–Kier alpha value is -1.10. The lowest BCUT2D eigenvalue weighted by atomic mass is 10.2. The summed E-state index contributed by atoms with van der Waals surface area (Å²) in [5.41, 5.74) is 1.06. The number of morpholine rings is 1. The second-order valence-corrected chi connectivity index (χ2v) is 4.41. The first kappa shape index (κ1) is 12.4. The summed E-state index contributed by atoms with van der Waals surface area (Å²) in [6.45, 7) is 4.96. The number of ether oxygens (including phenoxy) is 2. The summed E-state index contributed by atoms with van der Waals surface area (Å²) in [5.74, 6) is 0.280. The third kappa shape index (κ3) is 4.00. The highest BCUT2D eigenvalue weighted by Crippen LogP contribution is 2.11. The van der Waals surface area contributed by atoms with Gasteiger partial charge >= 0.3 is 0 Å². The van der Waals surface area contributed by atoms with Gasteiger partial charge in [0.2, 0.25) is 0 Å². The molecule has 2 rings (SSSR count). The zero-order valence-electron chi connectivity index (χ0n) is 10.1. The fourth-order valence-electron chi connectivity index (χ4n) is 1.87. The minimum atomic E-state index is 0.135. The molecule has 1 aliphatic heterocycles. The maximum absolute atomic E-state index is 9.15. The summed E-state index contributed by atoms with van der Waals surface area (Å²) in [5, 5.41) is 12.4. The van der Waals surface area contributed by atoms with Gasteiger partial charge in [0.15, 0.2) is 0 Å². The number of phenolic OH excluding ortho intramolecular Hbond substituents is 1. The summed E-state index contributed by atoms with van der Waals surface area (Å²) in [6.07, 6.45) is 0.391. The maximum Gasteiger partial charge on any atom is 0.115 e. The molecule has 0 bridgehead atoms. The number of phenols is 1. The van der Waals surface area contributed by atoms with E-state index in [1.165, 1.54) is 0 Å². The molecule has 2 unspecified atom stereocenters. The van der Waals surface area contributed by atoms with Gasteiger partial charge in [-0.3, -0.25) is 0 Å². The van der Waals surface area contributed by atoms with E-state index in [9.17, 15) is 0 Å². The van der Waals surface area contributed by atoms with E-state index < -0.39 is 0 Å². The summed E-state index contributed by atoms with van der Waals surface area (Å²) in [7, 11) is 0. The number of benzene rings is 1. The molecule has 0 amide bonds. The van der Waals surface area contributed by atoms with Gasteiger partial charge in [-0.2, -0.15) is 0 Å². The van der Waals surface area contributed by atoms with Crippen LogP contribution in [0, 0.1) is 0 Å². The highest BCUT2D eigenvalue weighted by atomic mass is 16.5. The van der Waals surface area contributed by atoms with Crippen molar-refractivity contribution in [3.63, 3.8) is 0 Å². The Morgan fingerprint density at radius 1 is 1.35 bits per heavy atom. The molecule has 0 saturated carbocycles. The van der Waals surface area contributed by atoms with Gasteiger partial charge in [0.1, 0.15) is 5.75 Å². The topological polar surface area (TPSA) is 50.7 Å². The van der Waals surface area contributed by atoms with Gasteiger partial charge in [-0.15, -0.1) is 0 Å². The Morgan fingerprint density at radius 3 is 2.82 bits per heavy atom. The second kappa shape index (κ2) is 6.00. The minimum absolute atomic E-state index is 0.135. The van der Waals surface area contributed by atoms with Crippen LogP contribution in [0.4, 0.5) is 0 Å². The molecule has 4 heteroatoms. The first-order valence-electron chi connectivity index (χ1n) is 5.96. The van der Waals surface area contributed by atoms with E-state index in [-0.39, 0.29) is 18.0 Å². The van der Waals surface area contributed by atoms with Gasteiger partial charge in [-0.05, 0) is 24.6 Å². The lowest BCUT2D eigenvalue weighted by Crippen LogP contribution is -2.45. The number of hydrogen-bond donors (Lipinski definition) is 2. The molecule has 1 aliphatic rings. The van der Waals surface area contributed by atoms with Gasteiger partial charge in [0.25, 0.3) is 0 Å². The van der Waals surface area contributed by atoms with Crippen LogP contribution < -0.4 is 5.32 Å². The van der Waals surface area contributed by atoms with Crippen molar-refractivity contribution in [3.05, 3.63) is 29.8 Å². The molecule has 0 radical (unpaired) electrons. The largest absolute Gasteiger partial charge is 0.508 e. The van der Waals surface area contributed by atoms with Crippen LogP contribution in [0.3, 0.4) is 0 Å². The van der Waals surface area contributed by atoms with E-state index in [0.717, 1.165) is 18.7 Å². The van der Waals surface area contributed by atoms with Crippen molar-refractivity contribution in [2.45, 2.75) is 25.7 Å². The van der Waals surface area contributed by atoms with Crippen LogP contribution in [0.15, 0.2) is 24.3 Å². The van der Waals surface area contributed by atoms with Crippen molar-refractivity contribution in [2.24, 2.45) is 0 Å². The van der Waals surface area contributed by atoms with Crippen molar-refractivity contribution in [1.29, 1.82) is 0 Å². The third-order valence-electron chi connectivity index (χ3n) is 2.74. The predicted octanol–water partition coefficient (Wildman–Crippen LogP) is 1.29. The van der Waals surface area contributed by atoms with Crippen LogP contribution in [0.1, 0.15) is 12.5 Å². The normalized spacial score (nSPS) is 24.8. The third-order valence-corrected chi connectivity index (χ3v) is 2.74. The average Bonchev–Trinajstić information content (AvgIpc) is 2.32. The van der Waals surface area contributed by atoms with Crippen LogP contribution in [0.25, 0.3) is 0 Å². The Balaban J connectivity index is 1.70. The molecule has 4 nitrogen and oxygen atoms in total. The monoisotopic (exact) mass is 237 g/mol. The Kier molecular flexibility index (Phi) is 4.36. The molecule has 0 aromatic heterocycles. The van der Waals surface area contributed by atoms with Crippen LogP contribution in [0.2, 0.25) is 0 Å². The Bertz CT molecular complexity index is 339. The molecule has 1 heterocycles. The fourth-order valence-corrected chi connectivity index (χ4v) is 1.87. The molecule has 2 atom stereocenters. The minimum Gasteiger partial charge on any atom is -0.508 e. The first-order valence-corrected chi connectivity index (χ1v) is 5.96. The van der Waals surface area contributed by atoms with Gasteiger partial charge < -0.3 is 19.9 Å².